The van der Waals surface area contributed by atoms with E-state index in [0.29, 0.717) is 0 Å². The van der Waals surface area contributed by atoms with Crippen molar-refractivity contribution in [1.29, 1.82) is 0 Å². The van der Waals surface area contributed by atoms with Gasteiger partial charge in [-0.2, -0.15) is 0 Å². The zero-order valence-electron chi connectivity index (χ0n) is 14.4. The lowest BCUT2D eigenvalue weighted by Gasteiger charge is -2.50. The fourth-order valence-corrected chi connectivity index (χ4v) is 7.40. The summed E-state index contributed by atoms with van der Waals surface area (Å²) in [6.45, 7) is 2.44. The normalized spacial score (nSPS) is 43.9. The topological polar surface area (TPSA) is 20.2 Å². The number of rotatable bonds is 0. The highest BCUT2D eigenvalue weighted by Crippen LogP contribution is 2.68. The van der Waals surface area contributed by atoms with Gasteiger partial charge in [0.1, 0.15) is 0 Å². The van der Waals surface area contributed by atoms with E-state index in [4.69, 9.17) is 0 Å². The number of benzene rings is 1. The Morgan fingerprint density at radius 1 is 1.04 bits per heavy atom. The summed E-state index contributed by atoms with van der Waals surface area (Å²) in [6, 6.07) is 9.18. The van der Waals surface area contributed by atoms with Crippen molar-refractivity contribution >= 4 is 0 Å². The highest BCUT2D eigenvalue weighted by atomic mass is 16.3. The van der Waals surface area contributed by atoms with Crippen molar-refractivity contribution in [3.05, 3.63) is 35.4 Å². The second-order valence-electron chi connectivity index (χ2n) is 9.33. The highest BCUT2D eigenvalue weighted by Gasteiger charge is 2.63. The first-order valence-corrected chi connectivity index (χ1v) is 9.90. The molecule has 4 aliphatic carbocycles. The Kier molecular flexibility index (Phi) is 3.06. The maximum atomic E-state index is 11.3. The third kappa shape index (κ3) is 1.83. The van der Waals surface area contributed by atoms with Crippen LogP contribution in [-0.4, -0.2) is 11.2 Å². The molecule has 1 aromatic rings. The van der Waals surface area contributed by atoms with Crippen molar-refractivity contribution in [1.82, 2.24) is 0 Å². The van der Waals surface area contributed by atoms with Crippen LogP contribution in [-0.2, 0) is 6.42 Å². The van der Waals surface area contributed by atoms with Gasteiger partial charge < -0.3 is 5.11 Å². The summed E-state index contributed by atoms with van der Waals surface area (Å²) in [4.78, 5) is 0. The van der Waals surface area contributed by atoms with Gasteiger partial charge in [0, 0.05) is 0 Å². The predicted octanol–water partition coefficient (Wildman–Crippen LogP) is 5.07. The smallest absolute Gasteiger partial charge is 0.0652 e. The van der Waals surface area contributed by atoms with E-state index in [1.165, 1.54) is 57.8 Å². The largest absolute Gasteiger partial charge is 0.392 e. The Morgan fingerprint density at radius 3 is 2.65 bits per heavy atom. The van der Waals surface area contributed by atoms with Crippen molar-refractivity contribution in [3.63, 3.8) is 0 Å². The second-order valence-corrected chi connectivity index (χ2v) is 9.33. The van der Waals surface area contributed by atoms with Gasteiger partial charge in [0.05, 0.1) is 6.10 Å². The van der Waals surface area contributed by atoms with Crippen molar-refractivity contribution < 1.29 is 5.11 Å². The summed E-state index contributed by atoms with van der Waals surface area (Å²) >= 11 is 0. The minimum Gasteiger partial charge on any atom is -0.392 e. The van der Waals surface area contributed by atoms with E-state index in [-0.39, 0.29) is 16.9 Å². The number of hydrogen-bond donors (Lipinski definition) is 1. The van der Waals surface area contributed by atoms with Crippen LogP contribution in [0.5, 0.6) is 0 Å². The van der Waals surface area contributed by atoms with E-state index in [0.717, 1.165) is 17.8 Å². The van der Waals surface area contributed by atoms with Gasteiger partial charge in [-0.25, -0.2) is 0 Å². The van der Waals surface area contributed by atoms with Gasteiger partial charge in [0.25, 0.3) is 0 Å². The van der Waals surface area contributed by atoms with Crippen LogP contribution < -0.4 is 0 Å². The molecule has 5 atom stereocenters. The monoisotopic (exact) mass is 310 g/mol. The molecule has 5 rings (SSSR count). The molecule has 124 valence electrons. The maximum absolute atomic E-state index is 11.3. The Hall–Kier alpha value is -0.820. The molecule has 0 heterocycles. The SMILES string of the molecule is C[C@@]12CC[C@H]3c4ccccc4CC[C@@H]3[C@H]1CC1(CCCC1)[C@@H]2O. The fourth-order valence-electron chi connectivity index (χ4n) is 7.40. The average Bonchev–Trinajstić information content (AvgIpc) is 3.13. The molecule has 4 aliphatic rings. The Bertz CT molecular complexity index is 614. The van der Waals surface area contributed by atoms with Crippen molar-refractivity contribution in [2.75, 3.05) is 0 Å². The molecular formula is C22H30O. The molecular weight excluding hydrogens is 280 g/mol. The molecule has 0 aromatic heterocycles. The van der Waals surface area contributed by atoms with Crippen LogP contribution in [0.15, 0.2) is 24.3 Å². The zero-order chi connectivity index (χ0) is 15.7. The summed E-state index contributed by atoms with van der Waals surface area (Å²) in [5.74, 6) is 2.34. The van der Waals surface area contributed by atoms with Gasteiger partial charge in [-0.05, 0) is 84.7 Å². The van der Waals surface area contributed by atoms with Crippen LogP contribution >= 0.6 is 0 Å². The fraction of sp³-hybridized carbons (Fsp3) is 0.727. The van der Waals surface area contributed by atoms with Crippen LogP contribution in [0.3, 0.4) is 0 Å². The molecule has 0 radical (unpaired) electrons. The van der Waals surface area contributed by atoms with Gasteiger partial charge in [0.15, 0.2) is 0 Å². The van der Waals surface area contributed by atoms with Crippen LogP contribution in [0, 0.1) is 22.7 Å². The van der Waals surface area contributed by atoms with Gasteiger partial charge in [0.2, 0.25) is 0 Å². The molecule has 1 N–H and O–H groups in total. The molecule has 3 fully saturated rings. The third-order valence-corrected chi connectivity index (χ3v) is 8.51. The molecule has 1 heteroatoms. The van der Waals surface area contributed by atoms with Crippen molar-refractivity contribution in [2.45, 2.75) is 76.7 Å². The first-order valence-electron chi connectivity index (χ1n) is 9.90. The van der Waals surface area contributed by atoms with Gasteiger partial charge in [-0.1, -0.05) is 44.0 Å². The lowest BCUT2D eigenvalue weighted by Crippen LogP contribution is -2.45. The summed E-state index contributed by atoms with van der Waals surface area (Å²) in [7, 11) is 0. The van der Waals surface area contributed by atoms with Gasteiger partial charge in [-0.15, -0.1) is 0 Å². The molecule has 0 bridgehead atoms. The van der Waals surface area contributed by atoms with E-state index >= 15 is 0 Å². The highest BCUT2D eigenvalue weighted by molar-refractivity contribution is 5.35. The first kappa shape index (κ1) is 14.5. The van der Waals surface area contributed by atoms with Crippen LogP contribution in [0.25, 0.3) is 0 Å². The summed E-state index contributed by atoms with van der Waals surface area (Å²) in [5.41, 5.74) is 3.72. The number of aliphatic hydroxyl groups is 1. The quantitative estimate of drug-likeness (QED) is 0.709. The molecule has 0 unspecified atom stereocenters. The van der Waals surface area contributed by atoms with Gasteiger partial charge in [-0.3, -0.25) is 0 Å². The van der Waals surface area contributed by atoms with E-state index in [1.54, 1.807) is 11.1 Å². The first-order chi connectivity index (χ1) is 11.1. The van der Waals surface area contributed by atoms with E-state index in [9.17, 15) is 5.11 Å². The standard InChI is InChI=1S/C22H30O/c1-21-13-10-17-16-7-3-2-6-15(16)8-9-18(17)19(21)14-22(20(21)23)11-4-5-12-22/h2-3,6-7,17-20,23H,4-5,8-14H2,1H3/t17-,18-,19+,20+,21+/m0/s1. The average molecular weight is 310 g/mol. The second kappa shape index (κ2) is 4.85. The third-order valence-electron chi connectivity index (χ3n) is 8.51. The molecule has 23 heavy (non-hydrogen) atoms. The maximum Gasteiger partial charge on any atom is 0.0652 e. The summed E-state index contributed by atoms with van der Waals surface area (Å²) in [6.07, 6.45) is 11.7. The lowest BCUT2D eigenvalue weighted by atomic mass is 9.55. The molecule has 3 saturated carbocycles. The number of hydrogen-bond acceptors (Lipinski definition) is 1. The van der Waals surface area contributed by atoms with Crippen LogP contribution in [0.2, 0.25) is 0 Å². The van der Waals surface area contributed by atoms with E-state index in [2.05, 4.69) is 31.2 Å². The zero-order valence-corrected chi connectivity index (χ0v) is 14.4. The molecule has 0 amide bonds. The molecule has 1 spiro atoms. The van der Waals surface area contributed by atoms with Crippen LogP contribution in [0.4, 0.5) is 0 Å². The van der Waals surface area contributed by atoms with Crippen molar-refractivity contribution in [2.24, 2.45) is 22.7 Å². The minimum atomic E-state index is -0.0411. The van der Waals surface area contributed by atoms with E-state index in [1.807, 2.05) is 0 Å². The number of aryl methyl sites for hydroxylation is 1. The summed E-state index contributed by atoms with van der Waals surface area (Å²) in [5, 5.41) is 11.3. The molecule has 1 aromatic carbocycles. The van der Waals surface area contributed by atoms with Gasteiger partial charge >= 0.3 is 0 Å². The minimum absolute atomic E-state index is 0.0411. The summed E-state index contributed by atoms with van der Waals surface area (Å²) < 4.78 is 0. The molecule has 1 nitrogen and oxygen atoms in total. The lowest BCUT2D eigenvalue weighted by molar-refractivity contribution is -0.0530. The molecule has 0 saturated heterocycles. The Labute approximate surface area is 140 Å². The van der Waals surface area contributed by atoms with Crippen LogP contribution in [0.1, 0.15) is 75.3 Å². The number of fused-ring (bicyclic) bond motifs is 5. The van der Waals surface area contributed by atoms with Crippen molar-refractivity contribution in [3.8, 4) is 0 Å². The van der Waals surface area contributed by atoms with E-state index < -0.39 is 0 Å². The molecule has 0 aliphatic heterocycles. The Balaban J connectivity index is 1.53. The number of aliphatic hydroxyl groups excluding tert-OH is 1. The predicted molar refractivity (Wildman–Crippen MR) is 93.3 cm³/mol. The Morgan fingerprint density at radius 2 is 1.83 bits per heavy atom.